The molecule has 3 atom stereocenters. The van der Waals surface area contributed by atoms with Crippen LogP contribution in [0.4, 0.5) is 0 Å². The average Bonchev–Trinajstić information content (AvgIpc) is 2.59. The summed E-state index contributed by atoms with van der Waals surface area (Å²) in [5, 5.41) is 2.62. The molecule has 3 rings (SSSR count). The Balaban J connectivity index is 1.95. The van der Waals surface area contributed by atoms with Gasteiger partial charge in [0.1, 0.15) is 6.04 Å². The summed E-state index contributed by atoms with van der Waals surface area (Å²) in [5.74, 6) is 0.402. The number of carbonyl (C=O) groups is 1. The molecule has 25 heavy (non-hydrogen) atoms. The molecule has 2 aliphatic rings. The molecule has 2 heterocycles. The van der Waals surface area contributed by atoms with Crippen molar-refractivity contribution in [1.29, 1.82) is 0 Å². The third kappa shape index (κ3) is 3.59. The van der Waals surface area contributed by atoms with Crippen molar-refractivity contribution in [3.63, 3.8) is 0 Å². The van der Waals surface area contributed by atoms with Crippen molar-refractivity contribution in [2.24, 2.45) is 11.8 Å². The second-order valence-electron chi connectivity index (χ2n) is 7.42. The van der Waals surface area contributed by atoms with Crippen LogP contribution in [0.3, 0.4) is 0 Å². The van der Waals surface area contributed by atoms with Gasteiger partial charge in [0.15, 0.2) is 0 Å². The van der Waals surface area contributed by atoms with Gasteiger partial charge in [0.2, 0.25) is 5.91 Å². The first-order chi connectivity index (χ1) is 11.8. The summed E-state index contributed by atoms with van der Waals surface area (Å²) in [6.07, 6.45) is 1.45. The first kappa shape index (κ1) is 18.4. The lowest BCUT2D eigenvalue weighted by molar-refractivity contribution is -0.124. The molecule has 6 nitrogen and oxygen atoms in total. The number of rotatable bonds is 3. The first-order valence-electron chi connectivity index (χ1n) is 8.88. The number of carbonyl (C=O) groups excluding carboxylic acids is 1. The second kappa shape index (κ2) is 7.05. The van der Waals surface area contributed by atoms with Crippen molar-refractivity contribution in [2.75, 3.05) is 20.1 Å². The van der Waals surface area contributed by atoms with Gasteiger partial charge < -0.3 is 5.32 Å². The molecule has 0 spiro atoms. The molecule has 0 aromatic heterocycles. The molecule has 1 aromatic rings. The summed E-state index contributed by atoms with van der Waals surface area (Å²) in [4.78, 5) is 12.4. The Hall–Kier alpha value is -1.44. The van der Waals surface area contributed by atoms with Gasteiger partial charge in [-0.2, -0.15) is 17.0 Å². The fourth-order valence-electron chi connectivity index (χ4n) is 4.07. The molecule has 1 N–H and O–H groups in total. The van der Waals surface area contributed by atoms with Crippen molar-refractivity contribution >= 4 is 16.1 Å². The molecule has 0 aliphatic carbocycles. The number of likely N-dealkylation sites (N-methyl/N-ethyl adjacent to an activating group) is 1. The van der Waals surface area contributed by atoms with Gasteiger partial charge >= 0.3 is 0 Å². The zero-order valence-corrected chi connectivity index (χ0v) is 15.9. The lowest BCUT2D eigenvalue weighted by Gasteiger charge is -2.41. The summed E-state index contributed by atoms with van der Waals surface area (Å²) >= 11 is 0. The van der Waals surface area contributed by atoms with Crippen LogP contribution in [0.2, 0.25) is 0 Å². The van der Waals surface area contributed by atoms with Gasteiger partial charge in [-0.3, -0.25) is 4.79 Å². The Kier molecular flexibility index (Phi) is 5.18. The molecule has 2 aliphatic heterocycles. The van der Waals surface area contributed by atoms with E-state index in [1.807, 2.05) is 24.3 Å². The SMILES string of the molecule is CNC(=O)[C@@H]1Cc2ccccc2CN1S(=O)(=O)N1C[C@@H](C)C[C@H](C)C1. The van der Waals surface area contributed by atoms with Gasteiger partial charge in [0.25, 0.3) is 10.2 Å². The summed E-state index contributed by atoms with van der Waals surface area (Å²) < 4.78 is 29.6. The Morgan fingerprint density at radius 2 is 1.72 bits per heavy atom. The van der Waals surface area contributed by atoms with Crippen LogP contribution in [0.15, 0.2) is 24.3 Å². The Labute approximate surface area is 150 Å². The van der Waals surface area contributed by atoms with E-state index in [1.54, 1.807) is 11.4 Å². The predicted molar refractivity (Wildman–Crippen MR) is 97.0 cm³/mol. The Morgan fingerprint density at radius 3 is 2.32 bits per heavy atom. The summed E-state index contributed by atoms with van der Waals surface area (Å²) in [5.41, 5.74) is 2.02. The fourth-order valence-corrected chi connectivity index (χ4v) is 6.05. The highest BCUT2D eigenvalue weighted by atomic mass is 32.2. The monoisotopic (exact) mass is 365 g/mol. The van der Waals surface area contributed by atoms with E-state index in [0.29, 0.717) is 31.3 Å². The second-order valence-corrected chi connectivity index (χ2v) is 9.30. The van der Waals surface area contributed by atoms with Gasteiger partial charge in [-0.25, -0.2) is 0 Å². The van der Waals surface area contributed by atoms with E-state index in [2.05, 4.69) is 19.2 Å². The number of amides is 1. The van der Waals surface area contributed by atoms with E-state index in [-0.39, 0.29) is 12.5 Å². The topological polar surface area (TPSA) is 69.7 Å². The first-order valence-corrected chi connectivity index (χ1v) is 10.3. The van der Waals surface area contributed by atoms with E-state index in [1.165, 1.54) is 4.31 Å². The molecule has 7 heteroatoms. The van der Waals surface area contributed by atoms with Crippen molar-refractivity contribution in [3.05, 3.63) is 35.4 Å². The largest absolute Gasteiger partial charge is 0.358 e. The van der Waals surface area contributed by atoms with Crippen LogP contribution < -0.4 is 5.32 Å². The summed E-state index contributed by atoms with van der Waals surface area (Å²) in [7, 11) is -2.14. The highest BCUT2D eigenvalue weighted by molar-refractivity contribution is 7.86. The number of nitrogens with one attached hydrogen (secondary N) is 1. The third-order valence-electron chi connectivity index (χ3n) is 5.21. The van der Waals surface area contributed by atoms with Crippen LogP contribution in [0.5, 0.6) is 0 Å². The average molecular weight is 365 g/mol. The minimum Gasteiger partial charge on any atom is -0.358 e. The summed E-state index contributed by atoms with van der Waals surface area (Å²) in [6, 6.07) is 7.06. The molecule has 1 aromatic carbocycles. The lowest BCUT2D eigenvalue weighted by atomic mass is 9.94. The molecule has 0 bridgehead atoms. The van der Waals surface area contributed by atoms with Crippen LogP contribution in [-0.4, -0.2) is 49.1 Å². The third-order valence-corrected chi connectivity index (χ3v) is 7.14. The zero-order valence-electron chi connectivity index (χ0n) is 15.1. The van der Waals surface area contributed by atoms with E-state index >= 15 is 0 Å². The molecule has 1 saturated heterocycles. The lowest BCUT2D eigenvalue weighted by Crippen LogP contribution is -2.57. The van der Waals surface area contributed by atoms with Crippen LogP contribution in [0, 0.1) is 11.8 Å². The van der Waals surface area contributed by atoms with Crippen LogP contribution in [-0.2, 0) is 28.0 Å². The van der Waals surface area contributed by atoms with Gasteiger partial charge in [0.05, 0.1) is 0 Å². The van der Waals surface area contributed by atoms with E-state index < -0.39 is 16.3 Å². The predicted octanol–water partition coefficient (Wildman–Crippen LogP) is 1.38. The van der Waals surface area contributed by atoms with E-state index in [9.17, 15) is 13.2 Å². The van der Waals surface area contributed by atoms with E-state index in [0.717, 1.165) is 17.5 Å². The van der Waals surface area contributed by atoms with Crippen LogP contribution in [0.1, 0.15) is 31.4 Å². The zero-order chi connectivity index (χ0) is 18.2. The normalized spacial score (nSPS) is 28.4. The van der Waals surface area contributed by atoms with Crippen molar-refractivity contribution in [1.82, 2.24) is 13.9 Å². The van der Waals surface area contributed by atoms with Crippen molar-refractivity contribution < 1.29 is 13.2 Å². The highest BCUT2D eigenvalue weighted by Crippen LogP contribution is 2.30. The van der Waals surface area contributed by atoms with Gasteiger partial charge in [-0.05, 0) is 35.8 Å². The minimum absolute atomic E-state index is 0.246. The number of nitrogens with zero attached hydrogens (tertiary/aromatic N) is 2. The number of piperidine rings is 1. The molecular weight excluding hydrogens is 338 g/mol. The minimum atomic E-state index is -3.69. The van der Waals surface area contributed by atoms with Gasteiger partial charge in [-0.15, -0.1) is 0 Å². The standard InChI is InChI=1S/C18H27N3O3S/c1-13-8-14(2)11-20(10-13)25(23,24)21-12-16-7-5-4-6-15(16)9-17(21)18(22)19-3/h4-7,13-14,17H,8-12H2,1-3H3,(H,19,22)/t13-,14-,17-/m0/s1. The molecule has 0 radical (unpaired) electrons. The highest BCUT2D eigenvalue weighted by Gasteiger charge is 2.42. The van der Waals surface area contributed by atoms with Crippen LogP contribution in [0.25, 0.3) is 0 Å². The van der Waals surface area contributed by atoms with Gasteiger partial charge in [0, 0.05) is 26.7 Å². The number of benzene rings is 1. The molecule has 1 amide bonds. The molecule has 0 unspecified atom stereocenters. The number of fused-ring (bicyclic) bond motifs is 1. The maximum absolute atomic E-state index is 13.3. The Morgan fingerprint density at radius 1 is 1.12 bits per heavy atom. The fraction of sp³-hybridized carbons (Fsp3) is 0.611. The van der Waals surface area contributed by atoms with Gasteiger partial charge in [-0.1, -0.05) is 38.1 Å². The quantitative estimate of drug-likeness (QED) is 0.880. The maximum Gasteiger partial charge on any atom is 0.283 e. The Bertz CT molecular complexity index is 740. The smallest absolute Gasteiger partial charge is 0.283 e. The van der Waals surface area contributed by atoms with Crippen molar-refractivity contribution in [2.45, 2.75) is 39.3 Å². The van der Waals surface area contributed by atoms with Crippen LogP contribution >= 0.6 is 0 Å². The molecule has 0 saturated carbocycles. The number of hydrogen-bond acceptors (Lipinski definition) is 3. The maximum atomic E-state index is 13.3. The molecule has 1 fully saturated rings. The van der Waals surface area contributed by atoms with E-state index in [4.69, 9.17) is 0 Å². The molecular formula is C18H27N3O3S. The number of hydrogen-bond donors (Lipinski definition) is 1. The summed E-state index contributed by atoms with van der Waals surface area (Å²) in [6.45, 7) is 5.45. The van der Waals surface area contributed by atoms with Crippen molar-refractivity contribution in [3.8, 4) is 0 Å². The molecule has 138 valence electrons.